The van der Waals surface area contributed by atoms with Gasteiger partial charge in [0.25, 0.3) is 0 Å². The summed E-state index contributed by atoms with van der Waals surface area (Å²) in [7, 11) is 0. The lowest BCUT2D eigenvalue weighted by Crippen LogP contribution is -2.43. The molecule has 4 nitrogen and oxygen atoms in total. The molecule has 25 heavy (non-hydrogen) atoms. The molecular weight excluding hydrogens is 312 g/mol. The number of phenols is 1. The molecule has 4 rings (SSSR count). The second-order valence-electron chi connectivity index (χ2n) is 6.27. The zero-order chi connectivity index (χ0) is 17.2. The van der Waals surface area contributed by atoms with Crippen LogP contribution < -0.4 is 4.90 Å². The van der Waals surface area contributed by atoms with Crippen LogP contribution in [0.2, 0.25) is 0 Å². The van der Waals surface area contributed by atoms with Crippen molar-refractivity contribution in [2.24, 2.45) is 0 Å². The maximum absolute atomic E-state index is 10.7. The molecule has 1 unspecified atom stereocenters. The molecule has 2 N–H and O–H groups in total. The number of anilines is 1. The number of nitrogens with zero attached hydrogens (tertiary/aromatic N) is 2. The van der Waals surface area contributed by atoms with Crippen molar-refractivity contribution in [2.75, 3.05) is 4.90 Å². The van der Waals surface area contributed by atoms with Gasteiger partial charge in [0.2, 0.25) is 0 Å². The van der Waals surface area contributed by atoms with Crippen LogP contribution in [0.25, 0.3) is 0 Å². The molecule has 0 amide bonds. The molecular formula is C21H20N2O2. The first-order valence-electron chi connectivity index (χ1n) is 8.36. The molecule has 0 saturated carbocycles. The zero-order valence-corrected chi connectivity index (χ0v) is 13.8. The molecule has 1 aliphatic heterocycles. The van der Waals surface area contributed by atoms with E-state index in [1.807, 2.05) is 48.5 Å². The van der Waals surface area contributed by atoms with E-state index < -0.39 is 6.17 Å². The zero-order valence-electron chi connectivity index (χ0n) is 13.8. The SMILES string of the molecule is Oc1ccccc1C1N(O)Cc2ccccc2N1Cc1ccccc1. The van der Waals surface area contributed by atoms with Gasteiger partial charge in [-0.25, -0.2) is 0 Å². The van der Waals surface area contributed by atoms with Crippen molar-refractivity contribution in [3.8, 4) is 5.75 Å². The normalized spacial score (nSPS) is 17.3. The van der Waals surface area contributed by atoms with Crippen LogP contribution in [0.5, 0.6) is 5.75 Å². The van der Waals surface area contributed by atoms with E-state index in [4.69, 9.17) is 0 Å². The maximum atomic E-state index is 10.7. The molecule has 0 aromatic heterocycles. The molecule has 0 spiro atoms. The van der Waals surface area contributed by atoms with Crippen molar-refractivity contribution >= 4 is 5.69 Å². The first kappa shape index (κ1) is 15.7. The first-order chi connectivity index (χ1) is 12.2. The van der Waals surface area contributed by atoms with Gasteiger partial charge in [0.15, 0.2) is 0 Å². The molecule has 4 heteroatoms. The minimum Gasteiger partial charge on any atom is -0.508 e. The number of para-hydroxylation sites is 2. The van der Waals surface area contributed by atoms with Crippen molar-refractivity contribution in [2.45, 2.75) is 19.3 Å². The minimum absolute atomic E-state index is 0.184. The highest BCUT2D eigenvalue weighted by molar-refractivity contribution is 5.58. The Hall–Kier alpha value is -2.82. The van der Waals surface area contributed by atoms with Gasteiger partial charge in [-0.2, -0.15) is 5.06 Å². The summed E-state index contributed by atoms with van der Waals surface area (Å²) in [5, 5.41) is 22.4. The number of aromatic hydroxyl groups is 1. The van der Waals surface area contributed by atoms with Crippen molar-refractivity contribution in [1.29, 1.82) is 0 Å². The Bertz CT molecular complexity index is 867. The molecule has 0 saturated heterocycles. The Kier molecular flexibility index (Phi) is 4.14. The van der Waals surface area contributed by atoms with Gasteiger partial charge in [0, 0.05) is 17.8 Å². The quantitative estimate of drug-likeness (QED) is 0.750. The highest BCUT2D eigenvalue weighted by atomic mass is 16.5. The van der Waals surface area contributed by atoms with Crippen LogP contribution in [0.4, 0.5) is 5.69 Å². The molecule has 0 fully saturated rings. The monoisotopic (exact) mass is 332 g/mol. The van der Waals surface area contributed by atoms with Crippen molar-refractivity contribution in [3.05, 3.63) is 95.6 Å². The summed E-state index contributed by atoms with van der Waals surface area (Å²) in [6.45, 7) is 1.05. The van der Waals surface area contributed by atoms with E-state index in [1.54, 1.807) is 12.1 Å². The highest BCUT2D eigenvalue weighted by Crippen LogP contribution is 2.41. The number of phenolic OH excluding ortho intramolecular Hbond substituents is 1. The number of hydrogen-bond acceptors (Lipinski definition) is 4. The summed E-state index contributed by atoms with van der Waals surface area (Å²) >= 11 is 0. The lowest BCUT2D eigenvalue weighted by atomic mass is 10.0. The van der Waals surface area contributed by atoms with E-state index in [1.165, 1.54) is 5.06 Å². The summed E-state index contributed by atoms with van der Waals surface area (Å²) in [4.78, 5) is 2.13. The van der Waals surface area contributed by atoms with E-state index in [-0.39, 0.29) is 5.75 Å². The van der Waals surface area contributed by atoms with Crippen LogP contribution in [0.15, 0.2) is 78.9 Å². The van der Waals surface area contributed by atoms with Gasteiger partial charge < -0.3 is 15.2 Å². The molecule has 0 bridgehead atoms. The number of rotatable bonds is 3. The van der Waals surface area contributed by atoms with Gasteiger partial charge >= 0.3 is 0 Å². The van der Waals surface area contributed by atoms with Gasteiger partial charge in [0.1, 0.15) is 11.9 Å². The summed E-state index contributed by atoms with van der Waals surface area (Å²) in [6.07, 6.45) is -0.448. The minimum atomic E-state index is -0.448. The van der Waals surface area contributed by atoms with Crippen LogP contribution in [0.1, 0.15) is 22.9 Å². The summed E-state index contributed by atoms with van der Waals surface area (Å²) in [6, 6.07) is 25.4. The van der Waals surface area contributed by atoms with E-state index in [9.17, 15) is 10.3 Å². The third-order valence-corrected chi connectivity index (χ3v) is 4.62. The van der Waals surface area contributed by atoms with E-state index in [0.29, 0.717) is 18.7 Å². The summed E-state index contributed by atoms with van der Waals surface area (Å²) in [5.74, 6) is 0.184. The Morgan fingerprint density at radius 1 is 0.840 bits per heavy atom. The predicted molar refractivity (Wildman–Crippen MR) is 97.2 cm³/mol. The Morgan fingerprint density at radius 3 is 2.32 bits per heavy atom. The fourth-order valence-corrected chi connectivity index (χ4v) is 3.46. The molecule has 0 radical (unpaired) electrons. The van der Waals surface area contributed by atoms with Gasteiger partial charge in [-0.3, -0.25) is 0 Å². The number of hydroxylamine groups is 2. The lowest BCUT2D eigenvalue weighted by Gasteiger charge is -2.43. The maximum Gasteiger partial charge on any atom is 0.135 e. The van der Waals surface area contributed by atoms with Crippen LogP contribution in [0, 0.1) is 0 Å². The molecule has 1 aliphatic rings. The average Bonchev–Trinajstić information content (AvgIpc) is 2.64. The van der Waals surface area contributed by atoms with Crippen LogP contribution >= 0.6 is 0 Å². The highest BCUT2D eigenvalue weighted by Gasteiger charge is 2.34. The largest absolute Gasteiger partial charge is 0.508 e. The molecule has 126 valence electrons. The first-order valence-corrected chi connectivity index (χ1v) is 8.36. The van der Waals surface area contributed by atoms with E-state index in [2.05, 4.69) is 23.1 Å². The van der Waals surface area contributed by atoms with Crippen LogP contribution in [0.3, 0.4) is 0 Å². The predicted octanol–water partition coefficient (Wildman–Crippen LogP) is 4.30. The molecule has 0 aliphatic carbocycles. The Labute approximate surface area is 147 Å². The molecule has 1 heterocycles. The van der Waals surface area contributed by atoms with E-state index >= 15 is 0 Å². The number of benzene rings is 3. The van der Waals surface area contributed by atoms with Gasteiger partial charge in [-0.15, -0.1) is 0 Å². The molecule has 3 aromatic rings. The molecule has 3 aromatic carbocycles. The van der Waals surface area contributed by atoms with Crippen LogP contribution in [-0.2, 0) is 13.1 Å². The Balaban J connectivity index is 1.82. The fraction of sp³-hybridized carbons (Fsp3) is 0.143. The van der Waals surface area contributed by atoms with Crippen LogP contribution in [-0.4, -0.2) is 15.4 Å². The fourth-order valence-electron chi connectivity index (χ4n) is 3.46. The third kappa shape index (κ3) is 2.97. The smallest absolute Gasteiger partial charge is 0.135 e. The van der Waals surface area contributed by atoms with Gasteiger partial charge in [0.05, 0.1) is 6.54 Å². The molecule has 1 atom stereocenters. The van der Waals surface area contributed by atoms with Crippen molar-refractivity contribution in [1.82, 2.24) is 5.06 Å². The topological polar surface area (TPSA) is 46.9 Å². The van der Waals surface area contributed by atoms with Gasteiger partial charge in [-0.1, -0.05) is 66.7 Å². The average molecular weight is 332 g/mol. The number of fused-ring (bicyclic) bond motifs is 1. The lowest BCUT2D eigenvalue weighted by molar-refractivity contribution is -0.143. The standard InChI is InChI=1S/C21H20N2O2/c24-20-13-7-5-11-18(20)21-22(14-16-8-2-1-3-9-16)19-12-6-4-10-17(19)15-23(21)25/h1-13,21,24-25H,14-15H2. The third-order valence-electron chi connectivity index (χ3n) is 4.62. The van der Waals surface area contributed by atoms with Crippen molar-refractivity contribution in [3.63, 3.8) is 0 Å². The summed E-state index contributed by atoms with van der Waals surface area (Å²) in [5.41, 5.74) is 3.97. The van der Waals surface area contributed by atoms with E-state index in [0.717, 1.165) is 16.8 Å². The summed E-state index contributed by atoms with van der Waals surface area (Å²) < 4.78 is 0. The Morgan fingerprint density at radius 2 is 1.52 bits per heavy atom. The second-order valence-corrected chi connectivity index (χ2v) is 6.27. The second kappa shape index (κ2) is 6.59. The van der Waals surface area contributed by atoms with Crippen molar-refractivity contribution < 1.29 is 10.3 Å². The van der Waals surface area contributed by atoms with Gasteiger partial charge in [-0.05, 0) is 23.3 Å². The number of hydrogen-bond donors (Lipinski definition) is 2.